The van der Waals surface area contributed by atoms with Crippen LogP contribution >= 0.6 is 0 Å². The molecule has 3 nitrogen and oxygen atoms in total. The number of hydrogen-bond donors (Lipinski definition) is 2. The number of halogens is 2. The molecule has 0 saturated carbocycles. The first kappa shape index (κ1) is 10.2. The molecule has 0 spiro atoms. The first-order valence-electron chi connectivity index (χ1n) is 3.66. The monoisotopic (exact) mass is 199 g/mol. The second-order valence-corrected chi connectivity index (χ2v) is 2.56. The maximum absolute atomic E-state index is 12.7. The Morgan fingerprint density at radius 2 is 2.07 bits per heavy atom. The van der Waals surface area contributed by atoms with Gasteiger partial charge in [-0.1, -0.05) is 0 Å². The minimum absolute atomic E-state index is 0.138. The highest BCUT2D eigenvalue weighted by Gasteiger charge is 2.07. The number of benzene rings is 1. The Bertz CT molecular complexity index is 402. The molecule has 0 radical (unpaired) electrons. The summed E-state index contributed by atoms with van der Waals surface area (Å²) >= 11 is 0. The second kappa shape index (κ2) is 3.87. The zero-order valence-corrected chi connectivity index (χ0v) is 7.00. The van der Waals surface area contributed by atoms with E-state index in [0.29, 0.717) is 6.07 Å². The molecular formula is C9H7F2NO2. The van der Waals surface area contributed by atoms with Crippen LogP contribution in [0.15, 0.2) is 18.2 Å². The predicted molar refractivity (Wildman–Crippen MR) is 46.3 cm³/mol. The number of primary amides is 1. The average Bonchev–Trinajstić information content (AvgIpc) is 2.08. The van der Waals surface area contributed by atoms with Crippen molar-refractivity contribution in [2.75, 3.05) is 0 Å². The Labute approximate surface area is 78.5 Å². The van der Waals surface area contributed by atoms with Gasteiger partial charge in [0.25, 0.3) is 0 Å². The smallest absolute Gasteiger partial charge is 0.241 e. The average molecular weight is 199 g/mol. The molecule has 0 fully saturated rings. The van der Waals surface area contributed by atoms with E-state index in [9.17, 15) is 13.6 Å². The van der Waals surface area contributed by atoms with E-state index < -0.39 is 23.3 Å². The van der Waals surface area contributed by atoms with E-state index in [1.807, 2.05) is 0 Å². The summed E-state index contributed by atoms with van der Waals surface area (Å²) in [6.45, 7) is 0. The fraction of sp³-hybridized carbons (Fsp3) is 0. The van der Waals surface area contributed by atoms with Crippen molar-refractivity contribution in [2.24, 2.45) is 5.73 Å². The van der Waals surface area contributed by atoms with Crippen molar-refractivity contribution in [2.45, 2.75) is 0 Å². The highest BCUT2D eigenvalue weighted by molar-refractivity contribution is 5.90. The van der Waals surface area contributed by atoms with Gasteiger partial charge in [-0.3, -0.25) is 4.79 Å². The van der Waals surface area contributed by atoms with Gasteiger partial charge in [-0.25, -0.2) is 8.78 Å². The third-order valence-electron chi connectivity index (χ3n) is 1.48. The maximum atomic E-state index is 12.7. The summed E-state index contributed by atoms with van der Waals surface area (Å²) < 4.78 is 25.4. The first-order chi connectivity index (χ1) is 6.50. The van der Waals surface area contributed by atoms with Crippen molar-refractivity contribution in [1.82, 2.24) is 0 Å². The SMILES string of the molecule is NC(=O)/C=C/c1cc(F)cc(F)c1O. The van der Waals surface area contributed by atoms with Crippen molar-refractivity contribution in [3.63, 3.8) is 0 Å². The summed E-state index contributed by atoms with van der Waals surface area (Å²) in [5, 5.41) is 9.09. The number of carbonyl (C=O) groups is 1. The molecule has 5 heteroatoms. The lowest BCUT2D eigenvalue weighted by Crippen LogP contribution is -2.05. The van der Waals surface area contributed by atoms with Gasteiger partial charge in [0, 0.05) is 17.7 Å². The molecule has 0 atom stereocenters. The second-order valence-electron chi connectivity index (χ2n) is 2.56. The number of amides is 1. The van der Waals surface area contributed by atoms with Crippen LogP contribution in [0.5, 0.6) is 5.75 Å². The summed E-state index contributed by atoms with van der Waals surface area (Å²) in [6, 6.07) is 1.43. The number of rotatable bonds is 2. The van der Waals surface area contributed by atoms with E-state index in [0.717, 1.165) is 18.2 Å². The first-order valence-corrected chi connectivity index (χ1v) is 3.66. The largest absolute Gasteiger partial charge is 0.504 e. The van der Waals surface area contributed by atoms with Crippen LogP contribution in [0.2, 0.25) is 0 Å². The normalized spacial score (nSPS) is 10.7. The molecule has 0 aliphatic carbocycles. The third kappa shape index (κ3) is 2.29. The summed E-state index contributed by atoms with van der Waals surface area (Å²) in [4.78, 5) is 10.3. The Hall–Kier alpha value is -1.91. The molecule has 1 aromatic carbocycles. The van der Waals surface area contributed by atoms with Gasteiger partial charge in [0.2, 0.25) is 5.91 Å². The van der Waals surface area contributed by atoms with Crippen LogP contribution in [0.1, 0.15) is 5.56 Å². The van der Waals surface area contributed by atoms with Gasteiger partial charge >= 0.3 is 0 Å². The Morgan fingerprint density at radius 1 is 1.43 bits per heavy atom. The Kier molecular flexibility index (Phi) is 2.81. The molecule has 0 aliphatic heterocycles. The van der Waals surface area contributed by atoms with Crippen LogP contribution in [0, 0.1) is 11.6 Å². The highest BCUT2D eigenvalue weighted by atomic mass is 19.1. The molecule has 0 heterocycles. The topological polar surface area (TPSA) is 63.3 Å². The molecule has 1 rings (SSSR count). The summed E-state index contributed by atoms with van der Waals surface area (Å²) in [7, 11) is 0. The van der Waals surface area contributed by atoms with E-state index in [1.54, 1.807) is 0 Å². The molecule has 1 amide bonds. The summed E-state index contributed by atoms with van der Waals surface area (Å²) in [5.41, 5.74) is 4.63. The number of phenolic OH excluding ortho intramolecular Hbond substituents is 1. The van der Waals surface area contributed by atoms with Crippen molar-refractivity contribution < 1.29 is 18.7 Å². The molecule has 1 aromatic rings. The van der Waals surface area contributed by atoms with Gasteiger partial charge in [0.1, 0.15) is 5.82 Å². The molecule has 0 aromatic heterocycles. The van der Waals surface area contributed by atoms with Crippen LogP contribution in [-0.4, -0.2) is 11.0 Å². The number of nitrogens with two attached hydrogens (primary N) is 1. The fourth-order valence-electron chi connectivity index (χ4n) is 0.885. The molecule has 0 unspecified atom stereocenters. The Balaban J connectivity index is 3.14. The zero-order valence-electron chi connectivity index (χ0n) is 7.00. The van der Waals surface area contributed by atoms with Crippen molar-refractivity contribution >= 4 is 12.0 Å². The molecule has 14 heavy (non-hydrogen) atoms. The molecular weight excluding hydrogens is 192 g/mol. The van der Waals surface area contributed by atoms with E-state index in [2.05, 4.69) is 0 Å². The number of phenols is 1. The van der Waals surface area contributed by atoms with Crippen molar-refractivity contribution in [3.8, 4) is 5.75 Å². The van der Waals surface area contributed by atoms with Crippen LogP contribution in [0.4, 0.5) is 8.78 Å². The Morgan fingerprint density at radius 3 is 2.64 bits per heavy atom. The zero-order chi connectivity index (χ0) is 10.7. The van der Waals surface area contributed by atoms with Gasteiger partial charge in [0.05, 0.1) is 0 Å². The van der Waals surface area contributed by atoms with Gasteiger partial charge < -0.3 is 10.8 Å². The lowest BCUT2D eigenvalue weighted by Gasteiger charge is -2.00. The lowest BCUT2D eigenvalue weighted by atomic mass is 10.1. The van der Waals surface area contributed by atoms with E-state index in [-0.39, 0.29) is 5.56 Å². The molecule has 0 bridgehead atoms. The van der Waals surface area contributed by atoms with Crippen LogP contribution in [0.25, 0.3) is 6.08 Å². The third-order valence-corrected chi connectivity index (χ3v) is 1.48. The van der Waals surface area contributed by atoms with Gasteiger partial charge in [-0.15, -0.1) is 0 Å². The standard InChI is InChI=1S/C9H7F2NO2/c10-6-3-5(1-2-8(12)13)9(14)7(11)4-6/h1-4,14H,(H2,12,13)/b2-1+. The van der Waals surface area contributed by atoms with Crippen LogP contribution < -0.4 is 5.73 Å². The maximum Gasteiger partial charge on any atom is 0.241 e. The van der Waals surface area contributed by atoms with E-state index >= 15 is 0 Å². The van der Waals surface area contributed by atoms with Crippen LogP contribution in [0.3, 0.4) is 0 Å². The predicted octanol–water partition coefficient (Wildman–Crippen LogP) is 1.17. The minimum Gasteiger partial charge on any atom is -0.504 e. The van der Waals surface area contributed by atoms with Gasteiger partial charge in [0.15, 0.2) is 11.6 Å². The van der Waals surface area contributed by atoms with Gasteiger partial charge in [-0.05, 0) is 12.1 Å². The summed E-state index contributed by atoms with van der Waals surface area (Å²) in [6.07, 6.45) is 1.93. The minimum atomic E-state index is -1.09. The number of carbonyl (C=O) groups excluding carboxylic acids is 1. The van der Waals surface area contributed by atoms with E-state index in [4.69, 9.17) is 10.8 Å². The molecule has 0 aliphatic rings. The molecule has 0 saturated heterocycles. The fourth-order valence-corrected chi connectivity index (χ4v) is 0.885. The number of hydrogen-bond acceptors (Lipinski definition) is 2. The molecule has 74 valence electrons. The van der Waals surface area contributed by atoms with E-state index in [1.165, 1.54) is 0 Å². The van der Waals surface area contributed by atoms with Gasteiger partial charge in [-0.2, -0.15) is 0 Å². The number of aromatic hydroxyl groups is 1. The van der Waals surface area contributed by atoms with Crippen molar-refractivity contribution in [3.05, 3.63) is 35.4 Å². The quantitative estimate of drug-likeness (QED) is 0.702. The molecule has 3 N–H and O–H groups in total. The lowest BCUT2D eigenvalue weighted by molar-refractivity contribution is -0.113. The highest BCUT2D eigenvalue weighted by Crippen LogP contribution is 2.23. The van der Waals surface area contributed by atoms with Crippen LogP contribution in [-0.2, 0) is 4.79 Å². The summed E-state index contributed by atoms with van der Waals surface area (Å²) in [5.74, 6) is -3.42. The van der Waals surface area contributed by atoms with Crippen molar-refractivity contribution in [1.29, 1.82) is 0 Å².